The molecule has 1 saturated heterocycles. The van der Waals surface area contributed by atoms with Gasteiger partial charge in [0.15, 0.2) is 5.65 Å². The summed E-state index contributed by atoms with van der Waals surface area (Å²) in [6, 6.07) is 12.0. The highest BCUT2D eigenvalue weighted by atomic mass is 16.5. The zero-order valence-corrected chi connectivity index (χ0v) is 14.4. The number of primary amides is 1. The number of hydrogen-bond acceptors (Lipinski definition) is 5. The lowest BCUT2D eigenvalue weighted by molar-refractivity contribution is -0.128. The molecule has 1 aliphatic rings. The lowest BCUT2D eigenvalue weighted by atomic mass is 10.1. The van der Waals surface area contributed by atoms with Crippen LogP contribution in [0.1, 0.15) is 24.0 Å². The van der Waals surface area contributed by atoms with E-state index in [-0.39, 0.29) is 6.10 Å². The number of rotatable bonds is 4. The summed E-state index contributed by atoms with van der Waals surface area (Å²) >= 11 is 0. The van der Waals surface area contributed by atoms with Gasteiger partial charge in [-0.1, -0.05) is 12.1 Å². The largest absolute Gasteiger partial charge is 0.369 e. The molecule has 0 spiro atoms. The van der Waals surface area contributed by atoms with Crippen LogP contribution in [0.25, 0.3) is 16.7 Å². The quantitative estimate of drug-likeness (QED) is 0.750. The summed E-state index contributed by atoms with van der Waals surface area (Å²) < 4.78 is 7.65. The molecule has 2 atom stereocenters. The standard InChI is InChI=1S/C19H19N5O2/c1-11-8-17(22-10-12-6-7-16(26-12)18(21)25)24-15-5-3-2-4-14(15)23-19(24)13(11)9-20/h2-5,8,12,16,22H,6-7,10H2,1H3,(H2,21,25). The highest BCUT2D eigenvalue weighted by molar-refractivity contribution is 5.85. The fraction of sp³-hybridized carbons (Fsp3) is 0.316. The van der Waals surface area contributed by atoms with Gasteiger partial charge in [-0.15, -0.1) is 0 Å². The minimum atomic E-state index is -0.501. The van der Waals surface area contributed by atoms with Crippen molar-refractivity contribution in [2.45, 2.75) is 32.0 Å². The molecule has 1 fully saturated rings. The van der Waals surface area contributed by atoms with Crippen LogP contribution < -0.4 is 11.1 Å². The first-order valence-electron chi connectivity index (χ1n) is 8.58. The lowest BCUT2D eigenvalue weighted by Crippen LogP contribution is -2.30. The maximum Gasteiger partial charge on any atom is 0.246 e. The Hall–Kier alpha value is -3.11. The topological polar surface area (TPSA) is 105 Å². The number of pyridine rings is 1. The van der Waals surface area contributed by atoms with Gasteiger partial charge in [-0.05, 0) is 43.5 Å². The Bertz CT molecular complexity index is 1050. The molecule has 1 aliphatic heterocycles. The SMILES string of the molecule is Cc1cc(NCC2CCC(C(N)=O)O2)n2c(nc3ccccc32)c1C#N. The zero-order chi connectivity index (χ0) is 18.3. The molecular formula is C19H19N5O2. The molecule has 0 radical (unpaired) electrons. The first-order chi connectivity index (χ1) is 12.6. The van der Waals surface area contributed by atoms with E-state index in [0.29, 0.717) is 24.2 Å². The number of nitriles is 1. The predicted molar refractivity (Wildman–Crippen MR) is 97.7 cm³/mol. The number of para-hydroxylation sites is 2. The normalized spacial score (nSPS) is 19.7. The van der Waals surface area contributed by atoms with Gasteiger partial charge in [0.05, 0.1) is 22.7 Å². The summed E-state index contributed by atoms with van der Waals surface area (Å²) in [7, 11) is 0. The van der Waals surface area contributed by atoms with Crippen LogP contribution in [0.4, 0.5) is 5.82 Å². The van der Waals surface area contributed by atoms with Crippen LogP contribution in [-0.4, -0.2) is 34.0 Å². The molecule has 3 aromatic rings. The fourth-order valence-corrected chi connectivity index (χ4v) is 3.51. The molecule has 4 rings (SSSR count). The third-order valence-electron chi connectivity index (χ3n) is 4.82. The number of hydrogen-bond donors (Lipinski definition) is 2. The van der Waals surface area contributed by atoms with Gasteiger partial charge in [-0.25, -0.2) is 4.98 Å². The summed E-state index contributed by atoms with van der Waals surface area (Å²) in [5, 5.41) is 12.9. The summed E-state index contributed by atoms with van der Waals surface area (Å²) in [5.41, 5.74) is 9.15. The average Bonchev–Trinajstić information content (AvgIpc) is 3.24. The molecule has 26 heavy (non-hydrogen) atoms. The van der Waals surface area contributed by atoms with E-state index in [1.165, 1.54) is 0 Å². The van der Waals surface area contributed by atoms with Crippen LogP contribution in [-0.2, 0) is 9.53 Å². The maximum atomic E-state index is 11.3. The maximum absolute atomic E-state index is 11.3. The van der Waals surface area contributed by atoms with Gasteiger partial charge < -0.3 is 15.8 Å². The van der Waals surface area contributed by atoms with E-state index in [1.807, 2.05) is 41.7 Å². The van der Waals surface area contributed by atoms with Crippen LogP contribution in [0.2, 0.25) is 0 Å². The first-order valence-corrected chi connectivity index (χ1v) is 8.58. The van der Waals surface area contributed by atoms with Gasteiger partial charge in [0.25, 0.3) is 0 Å². The number of aromatic nitrogens is 2. The smallest absolute Gasteiger partial charge is 0.246 e. The van der Waals surface area contributed by atoms with Gasteiger partial charge in [0, 0.05) is 6.54 Å². The van der Waals surface area contributed by atoms with E-state index < -0.39 is 12.0 Å². The van der Waals surface area contributed by atoms with Crippen LogP contribution in [0.15, 0.2) is 30.3 Å². The number of aryl methyl sites for hydroxylation is 1. The lowest BCUT2D eigenvalue weighted by Gasteiger charge is -2.16. The number of ether oxygens (including phenoxy) is 1. The molecule has 2 aromatic heterocycles. The molecule has 0 saturated carbocycles. The summed E-state index contributed by atoms with van der Waals surface area (Å²) in [5.74, 6) is 0.432. The van der Waals surface area contributed by atoms with Crippen molar-refractivity contribution >= 4 is 28.4 Å². The Labute approximate surface area is 150 Å². The second-order valence-corrected chi connectivity index (χ2v) is 6.57. The Balaban J connectivity index is 1.71. The minimum absolute atomic E-state index is 0.0757. The van der Waals surface area contributed by atoms with E-state index in [2.05, 4.69) is 16.4 Å². The van der Waals surface area contributed by atoms with Crippen LogP contribution >= 0.6 is 0 Å². The zero-order valence-electron chi connectivity index (χ0n) is 14.4. The number of nitrogens with two attached hydrogens (primary N) is 1. The molecule has 2 unspecified atom stereocenters. The van der Waals surface area contributed by atoms with E-state index in [9.17, 15) is 10.1 Å². The number of carbonyl (C=O) groups excluding carboxylic acids is 1. The monoisotopic (exact) mass is 349 g/mol. The summed E-state index contributed by atoms with van der Waals surface area (Å²) in [6.45, 7) is 2.45. The number of anilines is 1. The van der Waals surface area contributed by atoms with Gasteiger partial charge in [-0.2, -0.15) is 5.26 Å². The number of nitrogens with one attached hydrogen (secondary N) is 1. The van der Waals surface area contributed by atoms with Crippen molar-refractivity contribution in [1.82, 2.24) is 9.38 Å². The molecule has 1 amide bonds. The number of nitrogens with zero attached hydrogens (tertiary/aromatic N) is 3. The van der Waals surface area contributed by atoms with Crippen molar-refractivity contribution in [3.05, 3.63) is 41.5 Å². The van der Waals surface area contributed by atoms with Gasteiger partial charge in [-0.3, -0.25) is 9.20 Å². The molecule has 7 heteroatoms. The number of carbonyl (C=O) groups is 1. The van der Waals surface area contributed by atoms with Gasteiger partial charge in [0.2, 0.25) is 5.91 Å². The summed E-state index contributed by atoms with van der Waals surface area (Å²) in [6.07, 6.45) is 0.855. The van der Waals surface area contributed by atoms with Crippen LogP contribution in [0, 0.1) is 18.3 Å². The molecule has 3 N–H and O–H groups in total. The van der Waals surface area contributed by atoms with Crippen molar-refractivity contribution in [3.8, 4) is 6.07 Å². The van der Waals surface area contributed by atoms with Crippen molar-refractivity contribution < 1.29 is 9.53 Å². The Morgan fingerprint density at radius 1 is 1.46 bits per heavy atom. The Morgan fingerprint density at radius 3 is 3.00 bits per heavy atom. The molecule has 132 valence electrons. The highest BCUT2D eigenvalue weighted by Crippen LogP contribution is 2.27. The molecule has 1 aromatic carbocycles. The number of imidazole rings is 1. The minimum Gasteiger partial charge on any atom is -0.369 e. The number of fused-ring (bicyclic) bond motifs is 3. The second-order valence-electron chi connectivity index (χ2n) is 6.57. The third-order valence-corrected chi connectivity index (χ3v) is 4.82. The van der Waals surface area contributed by atoms with E-state index >= 15 is 0 Å². The number of amides is 1. The van der Waals surface area contributed by atoms with E-state index in [0.717, 1.165) is 28.8 Å². The molecule has 0 bridgehead atoms. The van der Waals surface area contributed by atoms with Crippen molar-refractivity contribution in [2.75, 3.05) is 11.9 Å². The summed E-state index contributed by atoms with van der Waals surface area (Å²) in [4.78, 5) is 15.9. The Morgan fingerprint density at radius 2 is 2.27 bits per heavy atom. The predicted octanol–water partition coefficient (Wildman–Crippen LogP) is 2.11. The third kappa shape index (κ3) is 2.65. The Kier molecular flexibility index (Phi) is 3.98. The molecule has 7 nitrogen and oxygen atoms in total. The molecule has 3 heterocycles. The van der Waals surface area contributed by atoms with Gasteiger partial charge >= 0.3 is 0 Å². The molecular weight excluding hydrogens is 330 g/mol. The van der Waals surface area contributed by atoms with Gasteiger partial charge in [0.1, 0.15) is 18.0 Å². The average molecular weight is 349 g/mol. The van der Waals surface area contributed by atoms with Crippen molar-refractivity contribution in [1.29, 1.82) is 5.26 Å². The number of benzene rings is 1. The van der Waals surface area contributed by atoms with E-state index in [1.54, 1.807) is 0 Å². The first kappa shape index (κ1) is 16.4. The van der Waals surface area contributed by atoms with E-state index in [4.69, 9.17) is 10.5 Å². The highest BCUT2D eigenvalue weighted by Gasteiger charge is 2.29. The molecule has 0 aliphatic carbocycles. The van der Waals surface area contributed by atoms with Crippen molar-refractivity contribution in [3.63, 3.8) is 0 Å². The fourth-order valence-electron chi connectivity index (χ4n) is 3.51. The van der Waals surface area contributed by atoms with Crippen LogP contribution in [0.5, 0.6) is 0 Å². The second kappa shape index (κ2) is 6.32. The van der Waals surface area contributed by atoms with Crippen molar-refractivity contribution in [2.24, 2.45) is 5.73 Å². The van der Waals surface area contributed by atoms with Crippen LogP contribution in [0.3, 0.4) is 0 Å².